The number of hydrogen-bond donors (Lipinski definition) is 1. The standard InChI is InChI=1S/C17H20FNO3/c18-15-9-5-4-6-13(15)10-11-19-16(20)12-22-17(21)14-7-2-1-3-8-14/h1-2,4-6,9,14H,3,7-8,10-12H2,(H,19,20)/t14-/m1/s1. The number of carbonyl (C=O) groups excluding carboxylic acids is 2. The van der Waals surface area contributed by atoms with E-state index in [0.29, 0.717) is 24.9 Å². The second kappa shape index (κ2) is 8.32. The highest BCUT2D eigenvalue weighted by molar-refractivity contribution is 5.81. The van der Waals surface area contributed by atoms with E-state index in [4.69, 9.17) is 4.74 Å². The first-order valence-corrected chi connectivity index (χ1v) is 7.48. The summed E-state index contributed by atoms with van der Waals surface area (Å²) in [5.41, 5.74) is 0.550. The van der Waals surface area contributed by atoms with Crippen LogP contribution in [-0.2, 0) is 20.7 Å². The Morgan fingerprint density at radius 3 is 2.82 bits per heavy atom. The number of halogens is 1. The van der Waals surface area contributed by atoms with E-state index in [2.05, 4.69) is 5.32 Å². The maximum absolute atomic E-state index is 13.4. The predicted octanol–water partition coefficient (Wildman–Crippen LogP) is 2.38. The van der Waals surface area contributed by atoms with Crippen LogP contribution in [-0.4, -0.2) is 25.0 Å². The number of esters is 1. The quantitative estimate of drug-likeness (QED) is 0.648. The van der Waals surface area contributed by atoms with Crippen molar-refractivity contribution in [2.24, 2.45) is 5.92 Å². The summed E-state index contributed by atoms with van der Waals surface area (Å²) in [4.78, 5) is 23.4. The van der Waals surface area contributed by atoms with E-state index >= 15 is 0 Å². The Hall–Kier alpha value is -2.17. The van der Waals surface area contributed by atoms with E-state index in [1.54, 1.807) is 18.2 Å². The van der Waals surface area contributed by atoms with Crippen LogP contribution < -0.4 is 5.32 Å². The van der Waals surface area contributed by atoms with Gasteiger partial charge in [-0.1, -0.05) is 30.4 Å². The summed E-state index contributed by atoms with van der Waals surface area (Å²) in [6, 6.07) is 6.44. The summed E-state index contributed by atoms with van der Waals surface area (Å²) in [5.74, 6) is -1.12. The number of nitrogens with one attached hydrogen (secondary N) is 1. The van der Waals surface area contributed by atoms with Crippen molar-refractivity contribution in [3.63, 3.8) is 0 Å². The Kier molecular flexibility index (Phi) is 6.13. The van der Waals surface area contributed by atoms with Crippen molar-refractivity contribution in [1.82, 2.24) is 5.32 Å². The molecule has 0 aliphatic heterocycles. The minimum Gasteiger partial charge on any atom is -0.455 e. The van der Waals surface area contributed by atoms with Crippen LogP contribution in [0.4, 0.5) is 4.39 Å². The fourth-order valence-corrected chi connectivity index (χ4v) is 2.35. The van der Waals surface area contributed by atoms with Gasteiger partial charge in [-0.15, -0.1) is 0 Å². The predicted molar refractivity (Wildman–Crippen MR) is 80.6 cm³/mol. The second-order valence-corrected chi connectivity index (χ2v) is 5.28. The summed E-state index contributed by atoms with van der Waals surface area (Å²) < 4.78 is 18.4. The average Bonchev–Trinajstić information content (AvgIpc) is 2.55. The Morgan fingerprint density at radius 2 is 2.09 bits per heavy atom. The normalized spacial score (nSPS) is 17.0. The fraction of sp³-hybridized carbons (Fsp3) is 0.412. The molecule has 0 saturated carbocycles. The molecular formula is C17H20FNO3. The molecule has 1 aliphatic rings. The van der Waals surface area contributed by atoms with E-state index in [0.717, 1.165) is 12.8 Å². The lowest BCUT2D eigenvalue weighted by Crippen LogP contribution is -2.32. The van der Waals surface area contributed by atoms with E-state index in [1.807, 2.05) is 12.2 Å². The second-order valence-electron chi connectivity index (χ2n) is 5.28. The Labute approximate surface area is 129 Å². The highest BCUT2D eigenvalue weighted by atomic mass is 19.1. The van der Waals surface area contributed by atoms with Gasteiger partial charge in [-0.05, 0) is 37.3 Å². The molecule has 0 bridgehead atoms. The van der Waals surface area contributed by atoms with Crippen molar-refractivity contribution in [3.8, 4) is 0 Å². The van der Waals surface area contributed by atoms with E-state index in [9.17, 15) is 14.0 Å². The molecule has 0 aromatic heterocycles. The number of benzene rings is 1. The molecule has 1 aromatic rings. The monoisotopic (exact) mass is 305 g/mol. The smallest absolute Gasteiger partial charge is 0.309 e. The van der Waals surface area contributed by atoms with E-state index in [1.165, 1.54) is 6.07 Å². The molecule has 0 heterocycles. The molecule has 0 saturated heterocycles. The number of ether oxygens (including phenoxy) is 1. The highest BCUT2D eigenvalue weighted by Crippen LogP contribution is 2.19. The molecule has 1 amide bonds. The number of amides is 1. The van der Waals surface area contributed by atoms with Gasteiger partial charge in [0.15, 0.2) is 6.61 Å². The van der Waals surface area contributed by atoms with Gasteiger partial charge in [0.25, 0.3) is 5.91 Å². The summed E-state index contributed by atoms with van der Waals surface area (Å²) in [7, 11) is 0. The lowest BCUT2D eigenvalue weighted by Gasteiger charge is -2.16. The van der Waals surface area contributed by atoms with Gasteiger partial charge in [-0.25, -0.2) is 4.39 Å². The molecule has 1 aromatic carbocycles. The number of allylic oxidation sites excluding steroid dienone is 2. The molecule has 118 valence electrons. The maximum atomic E-state index is 13.4. The largest absolute Gasteiger partial charge is 0.455 e. The SMILES string of the molecule is O=C(COC(=O)[C@@H]1CC=CCC1)NCCc1ccccc1F. The van der Waals surface area contributed by atoms with Crippen molar-refractivity contribution >= 4 is 11.9 Å². The van der Waals surface area contributed by atoms with Gasteiger partial charge in [0.2, 0.25) is 0 Å². The molecule has 2 rings (SSSR count). The molecule has 22 heavy (non-hydrogen) atoms. The first-order valence-electron chi connectivity index (χ1n) is 7.48. The van der Waals surface area contributed by atoms with Crippen LogP contribution >= 0.6 is 0 Å². The highest BCUT2D eigenvalue weighted by Gasteiger charge is 2.20. The van der Waals surface area contributed by atoms with Crippen LogP contribution in [0.2, 0.25) is 0 Å². The van der Waals surface area contributed by atoms with Crippen molar-refractivity contribution < 1.29 is 18.7 Å². The summed E-state index contributed by atoms with van der Waals surface area (Å²) in [6.07, 6.45) is 6.72. The molecule has 5 heteroatoms. The third kappa shape index (κ3) is 4.98. The van der Waals surface area contributed by atoms with Gasteiger partial charge in [-0.3, -0.25) is 9.59 Å². The van der Waals surface area contributed by atoms with Crippen molar-refractivity contribution in [3.05, 3.63) is 47.8 Å². The summed E-state index contributed by atoms with van der Waals surface area (Å²) in [5, 5.41) is 2.62. The van der Waals surface area contributed by atoms with Crippen LogP contribution in [0.1, 0.15) is 24.8 Å². The van der Waals surface area contributed by atoms with Crippen molar-refractivity contribution in [2.75, 3.05) is 13.2 Å². The molecule has 1 aliphatic carbocycles. The topological polar surface area (TPSA) is 55.4 Å². The van der Waals surface area contributed by atoms with Crippen molar-refractivity contribution in [2.45, 2.75) is 25.7 Å². The molecule has 0 fully saturated rings. The van der Waals surface area contributed by atoms with Crippen LogP contribution in [0.15, 0.2) is 36.4 Å². The Morgan fingerprint density at radius 1 is 1.27 bits per heavy atom. The number of rotatable bonds is 6. The Bertz CT molecular complexity index is 557. The average molecular weight is 305 g/mol. The number of carbonyl (C=O) groups is 2. The fourth-order valence-electron chi connectivity index (χ4n) is 2.35. The maximum Gasteiger partial charge on any atom is 0.309 e. The van der Waals surface area contributed by atoms with E-state index in [-0.39, 0.29) is 30.2 Å². The first-order chi connectivity index (χ1) is 10.7. The molecule has 0 spiro atoms. The minimum absolute atomic E-state index is 0.142. The lowest BCUT2D eigenvalue weighted by atomic mass is 9.95. The van der Waals surface area contributed by atoms with Gasteiger partial charge in [0, 0.05) is 6.54 Å². The zero-order chi connectivity index (χ0) is 15.8. The van der Waals surface area contributed by atoms with Gasteiger partial charge >= 0.3 is 5.97 Å². The van der Waals surface area contributed by atoms with Crippen LogP contribution in [0.5, 0.6) is 0 Å². The Balaban J connectivity index is 1.64. The molecule has 0 unspecified atom stereocenters. The van der Waals surface area contributed by atoms with Gasteiger partial charge in [0.1, 0.15) is 5.82 Å². The van der Waals surface area contributed by atoms with Gasteiger partial charge in [0.05, 0.1) is 5.92 Å². The molecule has 0 radical (unpaired) electrons. The molecule has 1 N–H and O–H groups in total. The zero-order valence-electron chi connectivity index (χ0n) is 12.4. The van der Waals surface area contributed by atoms with Crippen LogP contribution in [0.25, 0.3) is 0 Å². The van der Waals surface area contributed by atoms with Crippen LogP contribution in [0.3, 0.4) is 0 Å². The summed E-state index contributed by atoms with van der Waals surface area (Å²) >= 11 is 0. The number of hydrogen-bond acceptors (Lipinski definition) is 3. The van der Waals surface area contributed by atoms with Gasteiger partial charge < -0.3 is 10.1 Å². The third-order valence-corrected chi connectivity index (χ3v) is 3.62. The zero-order valence-corrected chi connectivity index (χ0v) is 12.4. The lowest BCUT2D eigenvalue weighted by molar-refractivity contribution is -0.152. The minimum atomic E-state index is -0.365. The molecule has 4 nitrogen and oxygen atoms in total. The summed E-state index contributed by atoms with van der Waals surface area (Å²) in [6.45, 7) is 0.0276. The van der Waals surface area contributed by atoms with Crippen LogP contribution in [0, 0.1) is 11.7 Å². The van der Waals surface area contributed by atoms with E-state index < -0.39 is 0 Å². The van der Waals surface area contributed by atoms with Crippen molar-refractivity contribution in [1.29, 1.82) is 0 Å². The first kappa shape index (κ1) is 16.2. The molecular weight excluding hydrogens is 285 g/mol. The molecule has 1 atom stereocenters. The third-order valence-electron chi connectivity index (χ3n) is 3.62. The van der Waals surface area contributed by atoms with Gasteiger partial charge in [-0.2, -0.15) is 0 Å².